The van der Waals surface area contributed by atoms with Crippen LogP contribution in [0, 0.1) is 11.6 Å². The highest BCUT2D eigenvalue weighted by Gasteiger charge is 2.18. The Bertz CT molecular complexity index is 894. The van der Waals surface area contributed by atoms with Gasteiger partial charge in [0.15, 0.2) is 6.10 Å². The van der Waals surface area contributed by atoms with Crippen LogP contribution in [0.1, 0.15) is 24.5 Å². The fourth-order valence-electron chi connectivity index (χ4n) is 3.56. The number of ether oxygens (including phenoxy) is 2. The third kappa shape index (κ3) is 6.87. The number of aliphatic carboxylic acids is 1. The van der Waals surface area contributed by atoms with Gasteiger partial charge in [-0.25, -0.2) is 13.6 Å². The Kier molecular flexibility index (Phi) is 8.14. The molecular formula is C24H27F2NO4. The van der Waals surface area contributed by atoms with Gasteiger partial charge in [0.25, 0.3) is 0 Å². The minimum absolute atomic E-state index is 0.307. The number of halogens is 2. The molecule has 0 saturated heterocycles. The fraction of sp³-hybridized carbons (Fsp3) is 0.375. The molecule has 166 valence electrons. The predicted octanol–water partition coefficient (Wildman–Crippen LogP) is 4.17. The van der Waals surface area contributed by atoms with E-state index in [1.807, 2.05) is 30.3 Å². The number of carboxylic acid groups (broad SMARTS) is 1. The molecule has 7 heteroatoms. The maximum Gasteiger partial charge on any atom is 0.333 e. The van der Waals surface area contributed by atoms with Gasteiger partial charge < -0.3 is 14.6 Å². The van der Waals surface area contributed by atoms with Crippen LogP contribution >= 0.6 is 0 Å². The molecule has 1 N–H and O–H groups in total. The standard InChI is InChI=1S/C24H27F2NO4/c1-2-30-23(24(28)29)13-17-3-5-22(6-4-17)31-12-11-27-9-7-18(8-10-27)19-14-20(25)16-21(26)15-19/h3-7,14-16,23H,2,8-13H2,1H3,(H,28,29). The molecule has 2 aromatic carbocycles. The summed E-state index contributed by atoms with van der Waals surface area (Å²) in [5, 5.41) is 9.17. The summed E-state index contributed by atoms with van der Waals surface area (Å²) in [5.74, 6) is -1.37. The van der Waals surface area contributed by atoms with Gasteiger partial charge in [0.05, 0.1) is 0 Å². The van der Waals surface area contributed by atoms with E-state index in [9.17, 15) is 18.7 Å². The van der Waals surface area contributed by atoms with Crippen LogP contribution in [0.5, 0.6) is 5.75 Å². The lowest BCUT2D eigenvalue weighted by molar-refractivity contribution is -0.149. The smallest absolute Gasteiger partial charge is 0.333 e. The van der Waals surface area contributed by atoms with Gasteiger partial charge in [-0.1, -0.05) is 18.2 Å². The second-order valence-electron chi connectivity index (χ2n) is 7.42. The molecule has 31 heavy (non-hydrogen) atoms. The lowest BCUT2D eigenvalue weighted by atomic mass is 9.99. The SMILES string of the molecule is CCOC(Cc1ccc(OCCN2CC=C(c3cc(F)cc(F)c3)CC2)cc1)C(=O)O. The molecule has 0 fully saturated rings. The van der Waals surface area contributed by atoms with Crippen molar-refractivity contribution in [3.8, 4) is 5.75 Å². The minimum Gasteiger partial charge on any atom is -0.492 e. The van der Waals surface area contributed by atoms with E-state index < -0.39 is 23.7 Å². The monoisotopic (exact) mass is 431 g/mol. The predicted molar refractivity (Wildman–Crippen MR) is 114 cm³/mol. The summed E-state index contributed by atoms with van der Waals surface area (Å²) >= 11 is 0. The number of hydrogen-bond acceptors (Lipinski definition) is 4. The number of nitrogens with zero attached hydrogens (tertiary/aromatic N) is 1. The molecule has 3 rings (SSSR count). The first-order valence-corrected chi connectivity index (χ1v) is 10.4. The maximum atomic E-state index is 13.4. The lowest BCUT2D eigenvalue weighted by Gasteiger charge is -2.26. The highest BCUT2D eigenvalue weighted by molar-refractivity contribution is 5.72. The first-order valence-electron chi connectivity index (χ1n) is 10.4. The Hall–Kier alpha value is -2.77. The Morgan fingerprint density at radius 3 is 2.45 bits per heavy atom. The molecule has 0 aliphatic carbocycles. The van der Waals surface area contributed by atoms with Gasteiger partial charge in [0.2, 0.25) is 0 Å². The molecule has 0 aromatic heterocycles. The molecule has 2 aromatic rings. The van der Waals surface area contributed by atoms with Gasteiger partial charge in [-0.3, -0.25) is 4.90 Å². The van der Waals surface area contributed by atoms with Crippen molar-refractivity contribution in [3.63, 3.8) is 0 Å². The molecule has 0 spiro atoms. The third-order valence-corrected chi connectivity index (χ3v) is 5.19. The van der Waals surface area contributed by atoms with Crippen molar-refractivity contribution in [1.82, 2.24) is 4.90 Å². The second-order valence-corrected chi connectivity index (χ2v) is 7.42. The van der Waals surface area contributed by atoms with Crippen LogP contribution in [0.3, 0.4) is 0 Å². The third-order valence-electron chi connectivity index (χ3n) is 5.19. The summed E-state index contributed by atoms with van der Waals surface area (Å²) in [6.45, 7) is 4.85. The molecular weight excluding hydrogens is 404 g/mol. The van der Waals surface area contributed by atoms with Crippen molar-refractivity contribution in [1.29, 1.82) is 0 Å². The molecule has 1 heterocycles. The number of rotatable bonds is 10. The molecule has 1 aliphatic rings. The Balaban J connectivity index is 1.44. The Morgan fingerprint density at radius 2 is 1.87 bits per heavy atom. The average molecular weight is 431 g/mol. The largest absolute Gasteiger partial charge is 0.492 e. The van der Waals surface area contributed by atoms with Crippen molar-refractivity contribution in [2.45, 2.75) is 25.9 Å². The zero-order chi connectivity index (χ0) is 22.2. The van der Waals surface area contributed by atoms with Crippen LogP contribution < -0.4 is 4.74 Å². The van der Waals surface area contributed by atoms with E-state index in [2.05, 4.69) is 4.90 Å². The van der Waals surface area contributed by atoms with Crippen LogP contribution in [0.4, 0.5) is 8.78 Å². The van der Waals surface area contributed by atoms with Crippen molar-refractivity contribution >= 4 is 11.5 Å². The van der Waals surface area contributed by atoms with E-state index in [1.165, 1.54) is 12.1 Å². The van der Waals surface area contributed by atoms with Crippen LogP contribution in [-0.2, 0) is 16.0 Å². The van der Waals surface area contributed by atoms with E-state index >= 15 is 0 Å². The van der Waals surface area contributed by atoms with Crippen molar-refractivity contribution in [3.05, 3.63) is 71.3 Å². The summed E-state index contributed by atoms with van der Waals surface area (Å²) in [6.07, 6.45) is 2.19. The van der Waals surface area contributed by atoms with E-state index in [0.29, 0.717) is 31.7 Å². The molecule has 0 saturated carbocycles. The van der Waals surface area contributed by atoms with Crippen LogP contribution in [0.25, 0.3) is 5.57 Å². The van der Waals surface area contributed by atoms with Crippen LogP contribution in [0.15, 0.2) is 48.5 Å². The Labute approximate surface area is 180 Å². The average Bonchev–Trinajstić information content (AvgIpc) is 2.74. The molecule has 0 radical (unpaired) electrons. The number of hydrogen-bond donors (Lipinski definition) is 1. The normalized spacial score (nSPS) is 15.4. The summed E-state index contributed by atoms with van der Waals surface area (Å²) in [4.78, 5) is 13.4. The highest BCUT2D eigenvalue weighted by atomic mass is 19.1. The summed E-state index contributed by atoms with van der Waals surface area (Å²) in [5.41, 5.74) is 2.43. The first kappa shape index (κ1) is 22.9. The first-order chi connectivity index (χ1) is 14.9. The van der Waals surface area contributed by atoms with Gasteiger partial charge in [0, 0.05) is 38.7 Å². The molecule has 5 nitrogen and oxygen atoms in total. The summed E-state index contributed by atoms with van der Waals surface area (Å²) in [6, 6.07) is 11.0. The summed E-state index contributed by atoms with van der Waals surface area (Å²) < 4.78 is 37.9. The van der Waals surface area contributed by atoms with Crippen molar-refractivity contribution < 1.29 is 28.2 Å². The van der Waals surface area contributed by atoms with E-state index in [1.54, 1.807) is 6.92 Å². The number of carboxylic acids is 1. The zero-order valence-electron chi connectivity index (χ0n) is 17.5. The second kappa shape index (κ2) is 11.0. The molecule has 0 amide bonds. The fourth-order valence-corrected chi connectivity index (χ4v) is 3.56. The van der Waals surface area contributed by atoms with Gasteiger partial charge >= 0.3 is 5.97 Å². The van der Waals surface area contributed by atoms with E-state index in [-0.39, 0.29) is 0 Å². The van der Waals surface area contributed by atoms with Gasteiger partial charge in [-0.15, -0.1) is 0 Å². The molecule has 1 unspecified atom stereocenters. The quantitative estimate of drug-likeness (QED) is 0.612. The topological polar surface area (TPSA) is 59.0 Å². The lowest BCUT2D eigenvalue weighted by Crippen LogP contribution is -2.32. The van der Waals surface area contributed by atoms with Gasteiger partial charge in [-0.2, -0.15) is 0 Å². The Morgan fingerprint density at radius 1 is 1.16 bits per heavy atom. The minimum atomic E-state index is -0.969. The summed E-state index contributed by atoms with van der Waals surface area (Å²) in [7, 11) is 0. The van der Waals surface area contributed by atoms with Crippen molar-refractivity contribution in [2.24, 2.45) is 0 Å². The van der Waals surface area contributed by atoms with Crippen molar-refractivity contribution in [2.75, 3.05) is 32.8 Å². The molecule has 0 bridgehead atoms. The molecule has 1 aliphatic heterocycles. The highest BCUT2D eigenvalue weighted by Crippen LogP contribution is 2.24. The van der Waals surface area contributed by atoms with E-state index in [0.717, 1.165) is 42.5 Å². The zero-order valence-corrected chi connectivity index (χ0v) is 17.5. The number of carbonyl (C=O) groups is 1. The maximum absolute atomic E-state index is 13.4. The van der Waals surface area contributed by atoms with Crippen LogP contribution in [0.2, 0.25) is 0 Å². The van der Waals surface area contributed by atoms with Gasteiger partial charge in [0.1, 0.15) is 24.0 Å². The van der Waals surface area contributed by atoms with Crippen LogP contribution in [-0.4, -0.2) is 54.9 Å². The number of benzene rings is 2. The molecule has 1 atom stereocenters. The van der Waals surface area contributed by atoms with Gasteiger partial charge in [-0.05, 0) is 54.3 Å². The van der Waals surface area contributed by atoms with E-state index in [4.69, 9.17) is 9.47 Å².